The van der Waals surface area contributed by atoms with Gasteiger partial charge < -0.3 is 10.1 Å². The lowest BCUT2D eigenvalue weighted by molar-refractivity contribution is -0.124. The molecule has 1 rings (SSSR count). The van der Waals surface area contributed by atoms with Crippen LogP contribution in [0.25, 0.3) is 0 Å². The van der Waals surface area contributed by atoms with Crippen LogP contribution in [-0.2, 0) is 0 Å². The summed E-state index contributed by atoms with van der Waals surface area (Å²) in [6.07, 6.45) is -4.17. The van der Waals surface area contributed by atoms with E-state index in [1.807, 2.05) is 32.0 Å². The highest BCUT2D eigenvalue weighted by Crippen LogP contribution is 2.16. The molecule has 0 aromatic heterocycles. The van der Waals surface area contributed by atoms with Gasteiger partial charge in [0.2, 0.25) is 0 Å². The van der Waals surface area contributed by atoms with Crippen LogP contribution >= 0.6 is 0 Å². The van der Waals surface area contributed by atoms with E-state index in [0.717, 1.165) is 11.1 Å². The summed E-state index contributed by atoms with van der Waals surface area (Å²) in [5.74, 6) is 0.682. The van der Waals surface area contributed by atoms with Gasteiger partial charge in [0.1, 0.15) is 12.4 Å². The van der Waals surface area contributed by atoms with Crippen molar-refractivity contribution in [2.45, 2.75) is 20.0 Å². The van der Waals surface area contributed by atoms with E-state index in [1.165, 1.54) is 0 Å². The van der Waals surface area contributed by atoms with Gasteiger partial charge in [-0.25, -0.2) is 0 Å². The minimum Gasteiger partial charge on any atom is -0.492 e. The van der Waals surface area contributed by atoms with E-state index in [2.05, 4.69) is 5.32 Å². The fraction of sp³-hybridized carbons (Fsp3) is 0.500. The van der Waals surface area contributed by atoms with Crippen LogP contribution in [0.2, 0.25) is 0 Å². The molecule has 0 spiro atoms. The standard InChI is InChI=1S/C12H16F3NO/c1-9-3-4-11(7-10(9)2)17-6-5-16-8-12(13,14)15/h3-4,7,16H,5-6,8H2,1-2H3. The Labute approximate surface area is 98.8 Å². The van der Waals surface area contributed by atoms with Gasteiger partial charge in [-0.2, -0.15) is 13.2 Å². The van der Waals surface area contributed by atoms with Crippen molar-refractivity contribution in [3.63, 3.8) is 0 Å². The minimum absolute atomic E-state index is 0.173. The molecule has 5 heteroatoms. The molecule has 2 nitrogen and oxygen atoms in total. The summed E-state index contributed by atoms with van der Waals surface area (Å²) in [7, 11) is 0. The predicted molar refractivity (Wildman–Crippen MR) is 60.3 cm³/mol. The lowest BCUT2D eigenvalue weighted by Crippen LogP contribution is -2.31. The molecule has 0 radical (unpaired) electrons. The molecule has 0 fully saturated rings. The van der Waals surface area contributed by atoms with E-state index in [9.17, 15) is 13.2 Å². The first-order chi connectivity index (χ1) is 7.88. The van der Waals surface area contributed by atoms with Gasteiger partial charge in [-0.1, -0.05) is 6.07 Å². The molecule has 0 heterocycles. The van der Waals surface area contributed by atoms with Crippen LogP contribution in [-0.4, -0.2) is 25.9 Å². The number of nitrogens with one attached hydrogen (secondary N) is 1. The molecule has 0 amide bonds. The van der Waals surface area contributed by atoms with Crippen LogP contribution in [0.15, 0.2) is 18.2 Å². The van der Waals surface area contributed by atoms with Crippen LogP contribution < -0.4 is 10.1 Å². The van der Waals surface area contributed by atoms with Crippen LogP contribution in [0.1, 0.15) is 11.1 Å². The van der Waals surface area contributed by atoms with Crippen molar-refractivity contribution in [2.75, 3.05) is 19.7 Å². The fourth-order valence-electron chi connectivity index (χ4n) is 1.27. The zero-order chi connectivity index (χ0) is 12.9. The summed E-state index contributed by atoms with van der Waals surface area (Å²) >= 11 is 0. The molecule has 17 heavy (non-hydrogen) atoms. The van der Waals surface area contributed by atoms with Crippen molar-refractivity contribution in [1.82, 2.24) is 5.32 Å². The van der Waals surface area contributed by atoms with Crippen molar-refractivity contribution in [3.05, 3.63) is 29.3 Å². The first kappa shape index (κ1) is 13.8. The maximum absolute atomic E-state index is 11.8. The van der Waals surface area contributed by atoms with Gasteiger partial charge in [-0.05, 0) is 37.1 Å². The molecule has 0 saturated carbocycles. The third-order valence-electron chi connectivity index (χ3n) is 2.35. The molecule has 1 N–H and O–H groups in total. The Balaban J connectivity index is 2.25. The van der Waals surface area contributed by atoms with Crippen LogP contribution in [0.5, 0.6) is 5.75 Å². The number of hydrogen-bond acceptors (Lipinski definition) is 2. The van der Waals surface area contributed by atoms with Gasteiger partial charge in [-0.3, -0.25) is 0 Å². The van der Waals surface area contributed by atoms with Crippen LogP contribution in [0.4, 0.5) is 13.2 Å². The smallest absolute Gasteiger partial charge is 0.401 e. The molecule has 96 valence electrons. The van der Waals surface area contributed by atoms with Gasteiger partial charge >= 0.3 is 6.18 Å². The molecular formula is C12H16F3NO. The van der Waals surface area contributed by atoms with E-state index in [0.29, 0.717) is 5.75 Å². The lowest BCUT2D eigenvalue weighted by atomic mass is 10.1. The topological polar surface area (TPSA) is 21.3 Å². The lowest BCUT2D eigenvalue weighted by Gasteiger charge is -2.10. The highest BCUT2D eigenvalue weighted by molar-refractivity contribution is 5.33. The third-order valence-corrected chi connectivity index (χ3v) is 2.35. The minimum atomic E-state index is -4.17. The summed E-state index contributed by atoms with van der Waals surface area (Å²) < 4.78 is 40.7. The number of halogens is 3. The molecule has 0 aliphatic heterocycles. The Morgan fingerprint density at radius 2 is 1.88 bits per heavy atom. The largest absolute Gasteiger partial charge is 0.492 e. The second kappa shape index (κ2) is 5.91. The van der Waals surface area contributed by atoms with Gasteiger partial charge in [0.25, 0.3) is 0 Å². The average Bonchev–Trinajstić information content (AvgIpc) is 2.21. The average molecular weight is 247 g/mol. The molecule has 1 aromatic rings. The Morgan fingerprint density at radius 3 is 2.47 bits per heavy atom. The fourth-order valence-corrected chi connectivity index (χ4v) is 1.27. The summed E-state index contributed by atoms with van der Waals surface area (Å²) in [5, 5.41) is 2.27. The summed E-state index contributed by atoms with van der Waals surface area (Å²) in [4.78, 5) is 0. The second-order valence-corrected chi connectivity index (χ2v) is 3.89. The zero-order valence-electron chi connectivity index (χ0n) is 9.90. The van der Waals surface area contributed by atoms with Crippen LogP contribution in [0, 0.1) is 13.8 Å². The van der Waals surface area contributed by atoms with E-state index in [4.69, 9.17) is 4.74 Å². The number of rotatable bonds is 5. The van der Waals surface area contributed by atoms with Crippen molar-refractivity contribution in [1.29, 1.82) is 0 Å². The maximum Gasteiger partial charge on any atom is 0.401 e. The molecule has 0 aliphatic rings. The number of alkyl halides is 3. The van der Waals surface area contributed by atoms with Gasteiger partial charge in [0.15, 0.2) is 0 Å². The van der Waals surface area contributed by atoms with Crippen molar-refractivity contribution >= 4 is 0 Å². The third kappa shape index (κ3) is 5.58. The van der Waals surface area contributed by atoms with Gasteiger partial charge in [0.05, 0.1) is 6.54 Å². The molecule has 0 unspecified atom stereocenters. The second-order valence-electron chi connectivity index (χ2n) is 3.89. The van der Waals surface area contributed by atoms with Gasteiger partial charge in [0, 0.05) is 6.54 Å². The molecular weight excluding hydrogens is 231 g/mol. The summed E-state index contributed by atoms with van der Waals surface area (Å²) in [6.45, 7) is 3.36. The SMILES string of the molecule is Cc1ccc(OCCNCC(F)(F)F)cc1C. The molecule has 1 aromatic carbocycles. The van der Waals surface area contributed by atoms with Crippen LogP contribution in [0.3, 0.4) is 0 Å². The normalized spacial score (nSPS) is 11.6. The number of benzene rings is 1. The predicted octanol–water partition coefficient (Wildman–Crippen LogP) is 2.83. The Hall–Kier alpha value is -1.23. The summed E-state index contributed by atoms with van der Waals surface area (Å²) in [6, 6.07) is 5.61. The van der Waals surface area contributed by atoms with E-state index >= 15 is 0 Å². The van der Waals surface area contributed by atoms with E-state index in [1.54, 1.807) is 0 Å². The molecule has 0 bridgehead atoms. The Bertz CT molecular complexity index is 363. The Morgan fingerprint density at radius 1 is 1.18 bits per heavy atom. The molecule has 0 atom stereocenters. The van der Waals surface area contributed by atoms with Crippen molar-refractivity contribution in [3.8, 4) is 5.75 Å². The van der Waals surface area contributed by atoms with Crippen molar-refractivity contribution < 1.29 is 17.9 Å². The summed E-state index contributed by atoms with van der Waals surface area (Å²) in [5.41, 5.74) is 2.26. The highest BCUT2D eigenvalue weighted by atomic mass is 19.4. The molecule has 0 saturated heterocycles. The Kier molecular flexibility index (Phi) is 4.81. The monoisotopic (exact) mass is 247 g/mol. The first-order valence-corrected chi connectivity index (χ1v) is 5.36. The number of aryl methyl sites for hydroxylation is 2. The highest BCUT2D eigenvalue weighted by Gasteiger charge is 2.25. The van der Waals surface area contributed by atoms with E-state index in [-0.39, 0.29) is 13.2 Å². The number of hydrogen-bond donors (Lipinski definition) is 1. The maximum atomic E-state index is 11.8. The van der Waals surface area contributed by atoms with Crippen molar-refractivity contribution in [2.24, 2.45) is 0 Å². The van der Waals surface area contributed by atoms with E-state index < -0.39 is 12.7 Å². The first-order valence-electron chi connectivity index (χ1n) is 5.36. The zero-order valence-corrected chi connectivity index (χ0v) is 9.90. The van der Waals surface area contributed by atoms with Gasteiger partial charge in [-0.15, -0.1) is 0 Å². The number of ether oxygens (including phenoxy) is 1. The quantitative estimate of drug-likeness (QED) is 0.808. The molecule has 0 aliphatic carbocycles.